The summed E-state index contributed by atoms with van der Waals surface area (Å²) < 4.78 is 21.7. The van der Waals surface area contributed by atoms with E-state index in [-0.39, 0.29) is 112 Å². The lowest BCUT2D eigenvalue weighted by molar-refractivity contribution is -0.385. The van der Waals surface area contributed by atoms with E-state index in [1.807, 2.05) is 153 Å². The Bertz CT molecular complexity index is 6260. The summed E-state index contributed by atoms with van der Waals surface area (Å²) >= 11 is 0. The number of nitriles is 1. The number of benzene rings is 5. The van der Waals surface area contributed by atoms with Gasteiger partial charge in [0.25, 0.3) is 52.6 Å². The Morgan fingerprint density at radius 3 is 1.24 bits per heavy atom. The van der Waals surface area contributed by atoms with E-state index in [1.165, 1.54) is 102 Å². The number of aromatic nitrogens is 4. The fraction of sp³-hybridized carbons (Fsp3) is 0.510. The third-order valence-electron chi connectivity index (χ3n) is 27.0. The number of ketones is 1. The van der Waals surface area contributed by atoms with E-state index in [1.54, 1.807) is 35.7 Å². The minimum atomic E-state index is -0.602. The highest BCUT2D eigenvalue weighted by atomic mass is 16.6. The third-order valence-corrected chi connectivity index (χ3v) is 27.0. The van der Waals surface area contributed by atoms with E-state index in [2.05, 4.69) is 60.5 Å². The number of ether oxygens (including phenoxy) is 4. The number of nitrogens with zero attached hydrogens (tertiary/aromatic N) is 17. The Kier molecular flexibility index (Phi) is 34.8. The van der Waals surface area contributed by atoms with Gasteiger partial charge in [0.05, 0.1) is 92.5 Å². The number of piperidine rings is 4. The standard InChI is InChI=1S/C25H33N5O5.C24H32N6O5.C19H24N6O3.C13H21N3O2.C12H12N2O4.C11H14N2O/c1-24(2,3)35-23(32)29-15-19-20(25(29,4)5)13-26-21(19)27-17-7-6-12-28(14-17)22(31)16-8-10-18(11-9-16)30(33)34;1-23(2,3)35-22(32)29-14-18-19(24(29,4)5)26-27-20(18)25-16-7-6-12-28(13-16)21(31)15-8-10-17(11-9-15)30(33)34;1-19(2)16-15(10-20-19)17(23-22-16)21-13-4-3-9-24(11-13)18(26)12-5-7-14(8-6-12)25(27)28;1-12(2,3)18-11(17)16-7-8-9(13(16,4)5)6-15-10(8)14;15-11-2-1-7-13(8-11)12(16)9-3-5-10(6-4-9)14(17)18;1-13(2)8-11(14-9-12)10-6-4-3-5-7-10/h8-11,17H,6-7,12-15H2,1-5H3,(H,26,27);8-11,16H,6-7,12-14H2,1-5H3,(H2,25,26,27);5-8,13,20H,3-4,9-11H2,1-2H3,(H2,21,22,23);6-7H2,1-5H3,(H2,14,15);3-6H,1-2,7-8H2;3-7,11H,8H2,1-2H3/t;;;;;11-/m.....1/s1. The summed E-state index contributed by atoms with van der Waals surface area (Å²) in [5, 5.41) is 80.6. The summed E-state index contributed by atoms with van der Waals surface area (Å²) in [6.07, 6.45) is 7.03. The fourth-order valence-corrected chi connectivity index (χ4v) is 19.0. The molecular weight excluding hydrogens is 1910 g/mol. The number of amides is 7. The van der Waals surface area contributed by atoms with Crippen molar-refractivity contribution in [1.82, 2.24) is 70.2 Å². The number of carbonyl (C=O) groups is 8. The molecule has 0 bridgehead atoms. The summed E-state index contributed by atoms with van der Waals surface area (Å²) in [6.45, 7) is 41.0. The number of rotatable bonds is 17. The zero-order chi connectivity index (χ0) is 108. The lowest BCUT2D eigenvalue weighted by Crippen LogP contribution is -2.50. The molecule has 148 heavy (non-hydrogen) atoms. The van der Waals surface area contributed by atoms with E-state index >= 15 is 0 Å². The van der Waals surface area contributed by atoms with Crippen molar-refractivity contribution in [2.75, 3.05) is 110 Å². The molecule has 8 N–H and O–H groups in total. The second kappa shape index (κ2) is 46.2. The van der Waals surface area contributed by atoms with Crippen LogP contribution in [0.15, 0.2) is 160 Å². The minimum Gasteiger partial charge on any atom is -0.444 e. The highest BCUT2D eigenvalue weighted by Gasteiger charge is 2.51. The maximum atomic E-state index is 13.0. The van der Waals surface area contributed by atoms with Crippen molar-refractivity contribution < 1.29 is 77.0 Å². The van der Waals surface area contributed by atoms with Crippen LogP contribution < -0.4 is 27.0 Å². The van der Waals surface area contributed by atoms with E-state index < -0.39 is 47.6 Å². The number of aromatic amines is 2. The van der Waals surface area contributed by atoms with E-state index in [0.29, 0.717) is 132 Å². The number of Topliss-reactive ketones (excluding diaryl/α,β-unsaturated/α-hetero) is 1. The molecule has 44 nitrogen and oxygen atoms in total. The Balaban J connectivity index is 0.000000162. The van der Waals surface area contributed by atoms with Gasteiger partial charge in [0.1, 0.15) is 28.5 Å². The number of carbonyl (C=O) groups excluding carboxylic acids is 8. The van der Waals surface area contributed by atoms with Gasteiger partial charge < -0.3 is 70.4 Å². The summed E-state index contributed by atoms with van der Waals surface area (Å²) in [5.41, 5.74) is 13.5. The predicted molar refractivity (Wildman–Crippen MR) is 553 cm³/mol. The number of hydrogen-bond acceptors (Lipinski definition) is 31. The van der Waals surface area contributed by atoms with Gasteiger partial charge in [-0.2, -0.15) is 15.5 Å². The number of nitro benzene ring substituents is 4. The van der Waals surface area contributed by atoms with Gasteiger partial charge in [-0.3, -0.25) is 99.3 Å². The number of fused-ring (bicyclic) bond motifs is 2. The predicted octanol–water partition coefficient (Wildman–Crippen LogP) is 14.8. The van der Waals surface area contributed by atoms with Crippen LogP contribution in [-0.2, 0) is 47.9 Å². The first-order valence-corrected chi connectivity index (χ1v) is 49.5. The third kappa shape index (κ3) is 27.5. The maximum absolute atomic E-state index is 13.0. The Morgan fingerprint density at radius 1 is 0.486 bits per heavy atom. The topological polar surface area (TPSA) is 552 Å². The van der Waals surface area contributed by atoms with Crippen molar-refractivity contribution in [1.29, 1.82) is 5.26 Å². The van der Waals surface area contributed by atoms with E-state index in [4.69, 9.17) is 34.9 Å². The van der Waals surface area contributed by atoms with E-state index in [0.717, 1.165) is 107 Å². The van der Waals surface area contributed by atoms with Crippen LogP contribution in [0, 0.1) is 52.0 Å². The highest BCUT2D eigenvalue weighted by molar-refractivity contribution is 6.04. The molecule has 0 radical (unpaired) electrons. The molecule has 4 saturated heterocycles. The SMILES string of the molecule is CC(C)(C)OC(=O)N1CC2=C(CN=C2N)C1(C)C.CC(C)(C)OC(=O)N1CC2=C(CN=C2NC2CCCN(C(=O)c3ccc([N+](=O)[O-])cc3)C2)C1(C)C.CC(C)(C)OC(=O)N1Cc2c(NC3CCCN(C(=O)c4ccc([N+](=O)[O-])cc4)C3)n[nH]c2C1(C)C.CC1(C)NCc2c(NC3CCCN(C(=O)c4ccc([N+](=O)[O-])cc4)C3)n[nH]c21.CN(C)C[C@@H](OC#N)c1ccccc1.O=C1CCCN(C(=O)c2ccc([N+](=O)[O-])cc2)C1. The number of hydrogen-bond donors (Lipinski definition) is 7. The van der Waals surface area contributed by atoms with E-state index in [9.17, 15) is 78.8 Å². The molecule has 4 fully saturated rings. The zero-order valence-electron chi connectivity index (χ0n) is 87.5. The molecule has 7 aromatic rings. The first-order chi connectivity index (χ1) is 69.5. The van der Waals surface area contributed by atoms with Crippen LogP contribution in [0.1, 0.15) is 245 Å². The zero-order valence-corrected chi connectivity index (χ0v) is 87.5. The molecule has 4 atom stereocenters. The number of anilines is 2. The Labute approximate surface area is 859 Å². The molecule has 2 aromatic heterocycles. The Morgan fingerprint density at radius 2 is 0.851 bits per heavy atom. The van der Waals surface area contributed by atoms with Crippen LogP contribution in [0.5, 0.6) is 0 Å². The molecular formula is C104H136N24O20. The highest BCUT2D eigenvalue weighted by Crippen LogP contribution is 2.44. The van der Waals surface area contributed by atoms with Crippen molar-refractivity contribution >= 4 is 93.7 Å². The maximum Gasteiger partial charge on any atom is 0.411 e. The van der Waals surface area contributed by atoms with Gasteiger partial charge in [-0.15, -0.1) is 0 Å². The fourth-order valence-electron chi connectivity index (χ4n) is 19.0. The number of likely N-dealkylation sites (N-methyl/N-ethyl adjacent to an activating group) is 1. The van der Waals surface area contributed by atoms with Crippen LogP contribution in [0.3, 0.4) is 0 Å². The van der Waals surface area contributed by atoms with Crippen molar-refractivity contribution in [3.05, 3.63) is 240 Å². The molecule has 17 rings (SSSR count). The minimum absolute atomic E-state index is 0.0151. The van der Waals surface area contributed by atoms with Gasteiger partial charge in [0.2, 0.25) is 0 Å². The normalized spacial score (nSPS) is 19.3. The monoisotopic (exact) mass is 2040 g/mol. The number of nitrogens with two attached hydrogens (primary N) is 1. The summed E-state index contributed by atoms with van der Waals surface area (Å²) in [5.74, 6) is 2.27. The lowest BCUT2D eigenvalue weighted by Gasteiger charge is -2.36. The summed E-state index contributed by atoms with van der Waals surface area (Å²) in [4.78, 5) is 164. The molecule has 792 valence electrons. The second-order valence-corrected chi connectivity index (χ2v) is 43.1. The van der Waals surface area contributed by atoms with Gasteiger partial charge >= 0.3 is 18.3 Å². The second-order valence-electron chi connectivity index (χ2n) is 43.1. The number of likely N-dealkylation sites (tertiary alicyclic amines) is 4. The summed E-state index contributed by atoms with van der Waals surface area (Å²) in [7, 11) is 3.91. The molecule has 44 heteroatoms. The molecule has 0 spiro atoms. The number of H-pyrrole nitrogens is 2. The molecule has 10 aliphatic heterocycles. The van der Waals surface area contributed by atoms with Gasteiger partial charge in [-0.05, 0) is 242 Å². The number of non-ortho nitro benzene ring substituents is 4. The van der Waals surface area contributed by atoms with Crippen molar-refractivity contribution in [3.8, 4) is 6.26 Å². The molecule has 5 aromatic carbocycles. The first kappa shape index (κ1) is 111. The molecule has 12 heterocycles. The van der Waals surface area contributed by atoms with Gasteiger partial charge in [-0.1, -0.05) is 30.3 Å². The quantitative estimate of drug-likeness (QED) is 0.0193. The number of amidine groups is 2. The Hall–Kier alpha value is -15.3. The smallest absolute Gasteiger partial charge is 0.411 e. The lowest BCUT2D eigenvalue weighted by atomic mass is 9.94. The number of nitro groups is 4. The van der Waals surface area contributed by atoms with Gasteiger partial charge in [0.15, 0.2) is 23.5 Å². The largest absolute Gasteiger partial charge is 0.444 e. The molecule has 0 aliphatic carbocycles. The van der Waals surface area contributed by atoms with Gasteiger partial charge in [0, 0.05) is 177 Å². The molecule has 10 aliphatic rings. The summed E-state index contributed by atoms with van der Waals surface area (Å²) in [6, 6.07) is 32.5. The van der Waals surface area contributed by atoms with Crippen LogP contribution in [-0.4, -0.2) is 284 Å². The number of nitrogens with one attached hydrogen (secondary N) is 6. The molecule has 0 saturated carbocycles. The average molecular weight is 2040 g/mol. The van der Waals surface area contributed by atoms with Crippen LogP contribution >= 0.6 is 0 Å². The molecule has 7 amide bonds. The van der Waals surface area contributed by atoms with Crippen LogP contribution in [0.4, 0.5) is 48.8 Å². The molecule has 3 unspecified atom stereocenters. The van der Waals surface area contributed by atoms with Crippen molar-refractivity contribution in [2.24, 2.45) is 15.7 Å². The van der Waals surface area contributed by atoms with Crippen molar-refractivity contribution in [3.63, 3.8) is 0 Å². The van der Waals surface area contributed by atoms with Gasteiger partial charge in [-0.25, -0.2) is 14.4 Å². The average Bonchev–Trinajstić information content (AvgIpc) is 1.59. The van der Waals surface area contributed by atoms with Crippen LogP contribution in [0.25, 0.3) is 0 Å². The van der Waals surface area contributed by atoms with Crippen LogP contribution in [0.2, 0.25) is 0 Å². The van der Waals surface area contributed by atoms with Crippen molar-refractivity contribution in [2.45, 2.75) is 245 Å². The first-order valence-electron chi connectivity index (χ1n) is 49.5. The number of aliphatic imine (C=N–C) groups is 2.